The van der Waals surface area contributed by atoms with Gasteiger partial charge in [0.15, 0.2) is 0 Å². The van der Waals surface area contributed by atoms with Gasteiger partial charge in [-0.15, -0.1) is 0 Å². The van der Waals surface area contributed by atoms with Gasteiger partial charge in [-0.2, -0.15) is 0 Å². The van der Waals surface area contributed by atoms with E-state index in [0.29, 0.717) is 0 Å². The van der Waals surface area contributed by atoms with Gasteiger partial charge < -0.3 is 13.7 Å². The second kappa shape index (κ2) is 33.2. The summed E-state index contributed by atoms with van der Waals surface area (Å²) in [6, 6.07) is 194. The maximum Gasteiger partial charge on any atom is 0.0547 e. The molecule has 0 aliphatic heterocycles. The molecule has 0 saturated carbocycles. The molecule has 3 nitrogen and oxygen atoms in total. The topological polar surface area (TPSA) is 14.8 Å². The zero-order valence-electron chi connectivity index (χ0n) is 77.1. The van der Waals surface area contributed by atoms with Gasteiger partial charge >= 0.3 is 0 Å². The van der Waals surface area contributed by atoms with E-state index >= 15 is 0 Å². The molecule has 0 amide bonds. The molecule has 141 heavy (non-hydrogen) atoms. The monoisotopic (exact) mass is 1790 g/mol. The Labute approximate surface area is 814 Å². The molecule has 0 saturated heterocycles. The molecule has 0 bridgehead atoms. The van der Waals surface area contributed by atoms with Crippen molar-refractivity contribution < 1.29 is 0 Å². The Bertz CT molecular complexity index is 10400. The van der Waals surface area contributed by atoms with Gasteiger partial charge in [-0.1, -0.05) is 388 Å². The number of hydrogen-bond donors (Lipinski definition) is 0. The fourth-order valence-corrected chi connectivity index (χ4v) is 22.7. The highest BCUT2D eigenvalue weighted by molar-refractivity contribution is 6.25. The Kier molecular flexibility index (Phi) is 19.0. The third-order valence-corrected chi connectivity index (χ3v) is 29.7. The fraction of sp³-hybridized carbons (Fsp3) is 0. The van der Waals surface area contributed by atoms with E-state index in [2.05, 4.69) is 541 Å². The van der Waals surface area contributed by atoms with Crippen molar-refractivity contribution in [2.45, 2.75) is 0 Å². The number of nitrogens with zero attached hydrogens (tertiary/aromatic N) is 3. The van der Waals surface area contributed by atoms with E-state index in [-0.39, 0.29) is 0 Å². The highest BCUT2D eigenvalue weighted by Crippen LogP contribution is 2.46. The van der Waals surface area contributed by atoms with E-state index in [9.17, 15) is 0 Å². The van der Waals surface area contributed by atoms with Gasteiger partial charge in [0.2, 0.25) is 0 Å². The molecule has 0 radical (unpaired) electrons. The average molecular weight is 1790 g/mol. The van der Waals surface area contributed by atoms with Gasteiger partial charge in [0, 0.05) is 49.4 Å². The van der Waals surface area contributed by atoms with Crippen molar-refractivity contribution in [3.8, 4) is 83.8 Å². The molecule has 0 N–H and O–H groups in total. The van der Waals surface area contributed by atoms with Crippen molar-refractivity contribution in [2.75, 3.05) is 0 Å². The second-order valence-electron chi connectivity index (χ2n) is 37.8. The Hall–Kier alpha value is -18.5. The molecule has 30 rings (SSSR count). The molecule has 3 aromatic heterocycles. The summed E-state index contributed by atoms with van der Waals surface area (Å²) >= 11 is 0. The summed E-state index contributed by atoms with van der Waals surface area (Å²) in [7, 11) is 0. The lowest BCUT2D eigenvalue weighted by atomic mass is 9.94. The van der Waals surface area contributed by atoms with Crippen LogP contribution in [-0.2, 0) is 0 Å². The minimum absolute atomic E-state index is 1.18. The van der Waals surface area contributed by atoms with Crippen LogP contribution in [0.2, 0.25) is 0 Å². The summed E-state index contributed by atoms with van der Waals surface area (Å²) in [5.41, 5.74) is 25.8. The quantitative estimate of drug-likeness (QED) is 0.137. The predicted molar refractivity (Wildman–Crippen MR) is 605 cm³/mol. The van der Waals surface area contributed by atoms with Crippen molar-refractivity contribution in [3.63, 3.8) is 0 Å². The zero-order chi connectivity index (χ0) is 92.7. The first-order valence-electron chi connectivity index (χ1n) is 48.8. The zero-order valence-corrected chi connectivity index (χ0v) is 77.1. The van der Waals surface area contributed by atoms with Crippen molar-refractivity contribution in [1.82, 2.24) is 13.7 Å². The first kappa shape index (κ1) is 80.9. The molecule has 3 heteroatoms. The number of benzene rings is 27. The standard InChI is InChI=1S/3C46H29N/c1-3-9-34-25-36(17-13-30(34)7-1)37-18-14-32-15-19-38(27-40(32)26-37)39-20-16-33-22-24-45-46(43(33)29-39)42-11-5-6-12-44(42)47(45)41-23-21-31-8-2-4-10-35(31)28-41;1-3-9-32-25-34(14-13-30(32)7-1)35-15-16-37-27-38(18-17-36(37)26-35)39-20-23-42-40(28-39)21-24-45-46(42)43-11-5-6-12-44(43)47(45)41-22-19-31-8-2-4-10-33(31)29-41;1-2-10-32-29-39(23-20-30(32)8-1)47-44-15-6-5-13-43(44)46-42-24-21-36(28-38(42)22-25-45(46)47)33-16-17-35-27-37(19-18-34(35)26-33)41-14-7-11-31-9-3-4-12-40(31)41/h3*1-29H. The molecular formula is C138H87N3. The van der Waals surface area contributed by atoms with Gasteiger partial charge in [-0.3, -0.25) is 0 Å². The lowest BCUT2D eigenvalue weighted by Crippen LogP contribution is -1.93. The SMILES string of the molecule is c1ccc2cc(-c3ccc4cc(-c5ccc6c(ccc7c6c6ccccc6n7-c6ccc7ccccc7c6)c5)ccc4c3)ccc2c1.c1ccc2cc(-c3ccc4ccc(-c5ccc6ccc7c(c6c5)c5ccccc5n7-c5ccc6ccccc6c5)cc4c3)ccc2c1.c1ccc2cc(-n3c4ccccc4c4c5ccc(-c6ccc7cc(-c8cccc9ccccc89)ccc7c6)cc5ccc43)ccc2c1. The van der Waals surface area contributed by atoms with Crippen molar-refractivity contribution in [3.05, 3.63) is 528 Å². The third kappa shape index (κ3) is 14.0. The van der Waals surface area contributed by atoms with Crippen LogP contribution in [0.5, 0.6) is 0 Å². The molecule has 0 spiro atoms. The highest BCUT2D eigenvalue weighted by atomic mass is 15.0. The molecule has 0 atom stereocenters. The van der Waals surface area contributed by atoms with Crippen LogP contribution >= 0.6 is 0 Å². The summed E-state index contributed by atoms with van der Waals surface area (Å²) in [5, 5.41) is 38.0. The summed E-state index contributed by atoms with van der Waals surface area (Å²) in [4.78, 5) is 0. The Morgan fingerprint density at radius 3 is 0.695 bits per heavy atom. The first-order valence-corrected chi connectivity index (χ1v) is 48.8. The number of aromatic nitrogens is 3. The first-order chi connectivity index (χ1) is 69.8. The van der Waals surface area contributed by atoms with E-state index < -0.39 is 0 Å². The normalized spacial score (nSPS) is 11.8. The molecule has 30 aromatic rings. The van der Waals surface area contributed by atoms with Gasteiger partial charge in [0.1, 0.15) is 0 Å². The predicted octanol–water partition coefficient (Wildman–Crippen LogP) is 38.2. The van der Waals surface area contributed by atoms with E-state index in [1.807, 2.05) is 0 Å². The highest BCUT2D eigenvalue weighted by Gasteiger charge is 2.22. The summed E-state index contributed by atoms with van der Waals surface area (Å²) in [5.74, 6) is 0. The van der Waals surface area contributed by atoms with Crippen molar-refractivity contribution in [1.29, 1.82) is 0 Å². The van der Waals surface area contributed by atoms with Crippen LogP contribution < -0.4 is 0 Å². The number of hydrogen-bond acceptors (Lipinski definition) is 0. The van der Waals surface area contributed by atoms with E-state index in [1.165, 1.54) is 279 Å². The van der Waals surface area contributed by atoms with E-state index in [1.54, 1.807) is 0 Å². The van der Waals surface area contributed by atoms with Crippen LogP contribution in [-0.4, -0.2) is 13.7 Å². The Balaban J connectivity index is 0.000000104. The second-order valence-corrected chi connectivity index (χ2v) is 37.8. The summed E-state index contributed by atoms with van der Waals surface area (Å²) in [6.45, 7) is 0. The van der Waals surface area contributed by atoms with Gasteiger partial charge in [-0.25, -0.2) is 0 Å². The Morgan fingerprint density at radius 1 is 0.0993 bits per heavy atom. The maximum absolute atomic E-state index is 2.42. The van der Waals surface area contributed by atoms with Crippen LogP contribution in [0, 0.1) is 0 Å². The van der Waals surface area contributed by atoms with E-state index in [4.69, 9.17) is 0 Å². The average Bonchev–Trinajstić information content (AvgIpc) is 1.58. The molecule has 0 aliphatic rings. The van der Waals surface area contributed by atoms with Crippen LogP contribution in [0.3, 0.4) is 0 Å². The smallest absolute Gasteiger partial charge is 0.0547 e. The minimum atomic E-state index is 1.18. The molecule has 654 valence electrons. The molecule has 27 aromatic carbocycles. The van der Waals surface area contributed by atoms with Crippen LogP contribution in [0.1, 0.15) is 0 Å². The van der Waals surface area contributed by atoms with Gasteiger partial charge in [0.25, 0.3) is 0 Å². The summed E-state index contributed by atoms with van der Waals surface area (Å²) < 4.78 is 7.26. The van der Waals surface area contributed by atoms with Gasteiger partial charge in [0.05, 0.1) is 33.1 Å². The largest absolute Gasteiger partial charge is 0.309 e. The van der Waals surface area contributed by atoms with E-state index in [0.717, 1.165) is 0 Å². The number of rotatable bonds is 9. The lowest BCUT2D eigenvalue weighted by molar-refractivity contribution is 1.19. The third-order valence-electron chi connectivity index (χ3n) is 29.7. The van der Waals surface area contributed by atoms with Crippen LogP contribution in [0.25, 0.3) is 279 Å². The maximum atomic E-state index is 2.42. The number of fused-ring (bicyclic) bond motifs is 24. The summed E-state index contributed by atoms with van der Waals surface area (Å²) in [6.07, 6.45) is 0. The molecule has 0 unspecified atom stereocenters. The molecular weight excluding hydrogens is 1700 g/mol. The van der Waals surface area contributed by atoms with Crippen molar-refractivity contribution in [2.24, 2.45) is 0 Å². The van der Waals surface area contributed by atoms with Crippen LogP contribution in [0.15, 0.2) is 528 Å². The van der Waals surface area contributed by atoms with Crippen LogP contribution in [0.4, 0.5) is 0 Å². The molecule has 0 aliphatic carbocycles. The molecule has 3 heterocycles. The van der Waals surface area contributed by atoms with Gasteiger partial charge in [-0.05, 0) is 336 Å². The molecule has 0 fully saturated rings. The fourth-order valence-electron chi connectivity index (χ4n) is 22.7. The number of para-hydroxylation sites is 3. The Morgan fingerprint density at radius 2 is 0.319 bits per heavy atom. The minimum Gasteiger partial charge on any atom is -0.309 e. The lowest BCUT2D eigenvalue weighted by Gasteiger charge is -2.11. The van der Waals surface area contributed by atoms with Crippen molar-refractivity contribution >= 4 is 195 Å².